The molecular weight excluding hydrogens is 152 g/mol. The highest BCUT2D eigenvalue weighted by molar-refractivity contribution is 5.72. The molecule has 0 aromatic rings. The van der Waals surface area contributed by atoms with Crippen LogP contribution in [0.4, 0.5) is 0 Å². The first-order chi connectivity index (χ1) is 5.70. The first-order valence-electron chi connectivity index (χ1n) is 4.70. The number of carbonyl (C=O) groups excluding carboxylic acids is 1. The quantitative estimate of drug-likeness (QED) is 0.634. The summed E-state index contributed by atoms with van der Waals surface area (Å²) < 4.78 is 0. The third-order valence-corrected chi connectivity index (χ3v) is 2.45. The van der Waals surface area contributed by atoms with Gasteiger partial charge in [-0.05, 0) is 12.8 Å². The van der Waals surface area contributed by atoms with Crippen molar-refractivity contribution in [2.45, 2.75) is 45.1 Å². The van der Waals surface area contributed by atoms with Crippen molar-refractivity contribution in [2.75, 3.05) is 7.05 Å². The molecule has 1 fully saturated rings. The smallest absolute Gasteiger partial charge is 0.233 e. The van der Waals surface area contributed by atoms with Crippen molar-refractivity contribution in [3.63, 3.8) is 0 Å². The minimum atomic E-state index is 0.0839. The number of rotatable bonds is 2. The molecular formula is C9H18N2O. The van der Waals surface area contributed by atoms with E-state index < -0.39 is 0 Å². The van der Waals surface area contributed by atoms with Gasteiger partial charge >= 0.3 is 0 Å². The van der Waals surface area contributed by atoms with Crippen LogP contribution in [0, 0.1) is 0 Å². The van der Waals surface area contributed by atoms with E-state index in [4.69, 9.17) is 0 Å². The summed E-state index contributed by atoms with van der Waals surface area (Å²) in [5.74, 6) is 0.0839. The van der Waals surface area contributed by atoms with Crippen LogP contribution in [-0.4, -0.2) is 24.0 Å². The zero-order valence-electron chi connectivity index (χ0n) is 7.97. The standard InChI is InChI=1S/C9H18N2O/c1-8(12)11(2)10-9-6-4-3-5-7-9/h9-10H,3-7H2,1-2H3. The zero-order valence-corrected chi connectivity index (χ0v) is 7.97. The Morgan fingerprint density at radius 1 is 1.33 bits per heavy atom. The topological polar surface area (TPSA) is 32.3 Å². The van der Waals surface area contributed by atoms with Gasteiger partial charge in [0.1, 0.15) is 0 Å². The molecule has 1 saturated carbocycles. The lowest BCUT2D eigenvalue weighted by Gasteiger charge is -2.27. The Hall–Kier alpha value is -0.570. The van der Waals surface area contributed by atoms with Gasteiger partial charge in [0.15, 0.2) is 0 Å². The number of nitrogens with one attached hydrogen (secondary N) is 1. The molecule has 0 saturated heterocycles. The first-order valence-corrected chi connectivity index (χ1v) is 4.70. The van der Waals surface area contributed by atoms with Crippen LogP contribution < -0.4 is 5.43 Å². The highest BCUT2D eigenvalue weighted by atomic mass is 16.2. The van der Waals surface area contributed by atoms with Gasteiger partial charge in [-0.15, -0.1) is 0 Å². The minimum absolute atomic E-state index is 0.0839. The third-order valence-electron chi connectivity index (χ3n) is 2.45. The van der Waals surface area contributed by atoms with Gasteiger partial charge in [0.2, 0.25) is 5.91 Å². The van der Waals surface area contributed by atoms with Crippen LogP contribution in [0.1, 0.15) is 39.0 Å². The maximum atomic E-state index is 10.9. The van der Waals surface area contributed by atoms with Crippen LogP contribution >= 0.6 is 0 Å². The van der Waals surface area contributed by atoms with Gasteiger partial charge in [0.05, 0.1) is 0 Å². The molecule has 0 aliphatic heterocycles. The molecule has 0 heterocycles. The second-order valence-electron chi connectivity index (χ2n) is 3.54. The van der Waals surface area contributed by atoms with Gasteiger partial charge in [-0.25, -0.2) is 5.43 Å². The molecule has 1 amide bonds. The highest BCUT2D eigenvalue weighted by Gasteiger charge is 2.15. The molecule has 0 unspecified atom stereocenters. The van der Waals surface area contributed by atoms with Crippen molar-refractivity contribution in [1.29, 1.82) is 0 Å². The summed E-state index contributed by atoms with van der Waals surface area (Å²) in [6.45, 7) is 1.58. The van der Waals surface area contributed by atoms with E-state index in [1.165, 1.54) is 32.1 Å². The van der Waals surface area contributed by atoms with Crippen LogP contribution in [0.3, 0.4) is 0 Å². The molecule has 0 bridgehead atoms. The predicted molar refractivity (Wildman–Crippen MR) is 48.5 cm³/mol. The molecule has 1 rings (SSSR count). The number of carbonyl (C=O) groups is 1. The van der Waals surface area contributed by atoms with Crippen LogP contribution in [0.5, 0.6) is 0 Å². The normalized spacial score (nSPS) is 19.2. The average Bonchev–Trinajstić information content (AvgIpc) is 2.06. The summed E-state index contributed by atoms with van der Waals surface area (Å²) >= 11 is 0. The van der Waals surface area contributed by atoms with Crippen LogP contribution in [0.2, 0.25) is 0 Å². The Bertz CT molecular complexity index is 153. The lowest BCUT2D eigenvalue weighted by Crippen LogP contribution is -2.45. The summed E-state index contributed by atoms with van der Waals surface area (Å²) in [5.41, 5.74) is 3.20. The fourth-order valence-electron chi connectivity index (χ4n) is 1.60. The molecule has 0 spiro atoms. The molecule has 3 heteroatoms. The molecule has 1 aliphatic carbocycles. The maximum Gasteiger partial charge on any atom is 0.233 e. The van der Waals surface area contributed by atoms with Crippen molar-refractivity contribution in [2.24, 2.45) is 0 Å². The average molecular weight is 170 g/mol. The summed E-state index contributed by atoms with van der Waals surface area (Å²) in [7, 11) is 1.79. The van der Waals surface area contributed by atoms with E-state index in [9.17, 15) is 4.79 Å². The van der Waals surface area contributed by atoms with Gasteiger partial charge in [0.25, 0.3) is 0 Å². The predicted octanol–water partition coefficient (Wildman–Crippen LogP) is 1.30. The molecule has 0 atom stereocenters. The van der Waals surface area contributed by atoms with E-state index in [1.54, 1.807) is 19.0 Å². The van der Waals surface area contributed by atoms with Crippen molar-refractivity contribution in [3.05, 3.63) is 0 Å². The molecule has 70 valence electrons. The van der Waals surface area contributed by atoms with Crippen molar-refractivity contribution in [3.8, 4) is 0 Å². The van der Waals surface area contributed by atoms with E-state index in [0.717, 1.165) is 0 Å². The zero-order chi connectivity index (χ0) is 8.97. The van der Waals surface area contributed by atoms with Crippen LogP contribution in [-0.2, 0) is 4.79 Å². The minimum Gasteiger partial charge on any atom is -0.281 e. The van der Waals surface area contributed by atoms with E-state index in [1.807, 2.05) is 0 Å². The molecule has 0 aromatic carbocycles. The van der Waals surface area contributed by atoms with Crippen molar-refractivity contribution >= 4 is 5.91 Å². The van der Waals surface area contributed by atoms with Gasteiger partial charge in [-0.3, -0.25) is 9.80 Å². The van der Waals surface area contributed by atoms with E-state index in [-0.39, 0.29) is 5.91 Å². The lowest BCUT2D eigenvalue weighted by molar-refractivity contribution is -0.131. The molecule has 0 aromatic heterocycles. The Kier molecular flexibility index (Phi) is 3.53. The molecule has 1 aliphatic rings. The summed E-state index contributed by atoms with van der Waals surface area (Å²) in [6.07, 6.45) is 6.35. The monoisotopic (exact) mass is 170 g/mol. The SMILES string of the molecule is CC(=O)N(C)NC1CCCCC1. The number of hydrazine groups is 1. The number of hydrogen-bond acceptors (Lipinski definition) is 2. The van der Waals surface area contributed by atoms with E-state index in [2.05, 4.69) is 5.43 Å². The van der Waals surface area contributed by atoms with Crippen LogP contribution in [0.25, 0.3) is 0 Å². The molecule has 3 nitrogen and oxygen atoms in total. The number of amides is 1. The molecule has 0 radical (unpaired) electrons. The van der Waals surface area contributed by atoms with Crippen molar-refractivity contribution < 1.29 is 4.79 Å². The Labute approximate surface area is 74.1 Å². The maximum absolute atomic E-state index is 10.9. The molecule has 12 heavy (non-hydrogen) atoms. The summed E-state index contributed by atoms with van der Waals surface area (Å²) in [5, 5.41) is 1.59. The van der Waals surface area contributed by atoms with Gasteiger partial charge < -0.3 is 0 Å². The number of hydrogen-bond donors (Lipinski definition) is 1. The highest BCUT2D eigenvalue weighted by Crippen LogP contribution is 2.17. The van der Waals surface area contributed by atoms with Gasteiger partial charge in [-0.2, -0.15) is 0 Å². The Balaban J connectivity index is 2.24. The summed E-state index contributed by atoms with van der Waals surface area (Å²) in [4.78, 5) is 10.9. The first kappa shape index (κ1) is 9.52. The van der Waals surface area contributed by atoms with E-state index in [0.29, 0.717) is 6.04 Å². The van der Waals surface area contributed by atoms with E-state index >= 15 is 0 Å². The van der Waals surface area contributed by atoms with Gasteiger partial charge in [0, 0.05) is 20.0 Å². The summed E-state index contributed by atoms with van der Waals surface area (Å²) in [6, 6.07) is 0.521. The fraction of sp³-hybridized carbons (Fsp3) is 0.889. The second kappa shape index (κ2) is 4.45. The Morgan fingerprint density at radius 2 is 1.92 bits per heavy atom. The lowest BCUT2D eigenvalue weighted by atomic mass is 9.96. The van der Waals surface area contributed by atoms with Crippen LogP contribution in [0.15, 0.2) is 0 Å². The van der Waals surface area contributed by atoms with Gasteiger partial charge in [-0.1, -0.05) is 19.3 Å². The van der Waals surface area contributed by atoms with Crippen molar-refractivity contribution in [1.82, 2.24) is 10.4 Å². The largest absolute Gasteiger partial charge is 0.281 e. The molecule has 1 N–H and O–H groups in total. The second-order valence-corrected chi connectivity index (χ2v) is 3.54. The third kappa shape index (κ3) is 2.81. The fourth-order valence-corrected chi connectivity index (χ4v) is 1.60. The number of nitrogens with zero attached hydrogens (tertiary/aromatic N) is 1. The Morgan fingerprint density at radius 3 is 2.42 bits per heavy atom.